The molecule has 1 unspecified atom stereocenters. The fourth-order valence-corrected chi connectivity index (χ4v) is 0.991. The Morgan fingerprint density at radius 2 is 1.92 bits per heavy atom. The zero-order valence-corrected chi connectivity index (χ0v) is 6.81. The Morgan fingerprint density at radius 3 is 2.33 bits per heavy atom. The molecule has 0 aromatic heterocycles. The van der Waals surface area contributed by atoms with Crippen molar-refractivity contribution in [1.29, 1.82) is 0 Å². The molecule has 64 valence electrons. The van der Waals surface area contributed by atoms with Gasteiger partial charge in [0, 0.05) is 5.56 Å². The topological polar surface area (TPSA) is 52.8 Å². The molecule has 1 aromatic carbocycles. The summed E-state index contributed by atoms with van der Waals surface area (Å²) in [5, 5.41) is 20.8. The molecule has 0 spiro atoms. The van der Waals surface area contributed by atoms with Gasteiger partial charge in [-0.25, -0.2) is 0 Å². The molecule has 0 aliphatic heterocycles. The van der Waals surface area contributed by atoms with Crippen LogP contribution in [0.2, 0.25) is 0 Å². The van der Waals surface area contributed by atoms with Crippen LogP contribution in [0.25, 0.3) is 0 Å². The molecule has 0 bridgehead atoms. The molecule has 3 heteroatoms. The quantitative estimate of drug-likeness (QED) is 0.393. The Bertz CT molecular complexity index is 267. The standard InChI is InChI=1S/C9H11NO2/c1-7(11)9(10-12)8-5-3-2-4-6-8/h2-7,11-12H,1H3/b10-9-. The number of hydrogen-bond acceptors (Lipinski definition) is 3. The minimum atomic E-state index is -0.752. The van der Waals surface area contributed by atoms with Gasteiger partial charge in [-0.05, 0) is 6.92 Å². The van der Waals surface area contributed by atoms with Crippen LogP contribution in [0, 0.1) is 0 Å². The Hall–Kier alpha value is -1.35. The maximum absolute atomic E-state index is 9.17. The molecule has 1 atom stereocenters. The lowest BCUT2D eigenvalue weighted by Crippen LogP contribution is -2.17. The Balaban J connectivity index is 2.97. The molecule has 0 saturated carbocycles. The molecule has 3 nitrogen and oxygen atoms in total. The van der Waals surface area contributed by atoms with E-state index in [-0.39, 0.29) is 5.71 Å². The number of benzene rings is 1. The van der Waals surface area contributed by atoms with E-state index in [2.05, 4.69) is 5.16 Å². The SMILES string of the molecule is CC(O)/C(=N/O)c1ccccc1. The molecule has 0 amide bonds. The summed E-state index contributed by atoms with van der Waals surface area (Å²) in [6.45, 7) is 1.56. The lowest BCUT2D eigenvalue weighted by Gasteiger charge is -2.05. The van der Waals surface area contributed by atoms with Crippen molar-refractivity contribution < 1.29 is 10.3 Å². The van der Waals surface area contributed by atoms with Gasteiger partial charge < -0.3 is 10.3 Å². The van der Waals surface area contributed by atoms with Crippen LogP contribution >= 0.6 is 0 Å². The minimum Gasteiger partial charge on any atom is -0.411 e. The van der Waals surface area contributed by atoms with Crippen LogP contribution in [0.3, 0.4) is 0 Å². The average Bonchev–Trinajstić information content (AvgIpc) is 2.07. The summed E-state index contributed by atoms with van der Waals surface area (Å²) in [5.74, 6) is 0. The molecule has 0 aliphatic rings. The molecule has 0 heterocycles. The van der Waals surface area contributed by atoms with Crippen molar-refractivity contribution in [2.45, 2.75) is 13.0 Å². The smallest absolute Gasteiger partial charge is 0.115 e. The lowest BCUT2D eigenvalue weighted by molar-refractivity contribution is 0.248. The van der Waals surface area contributed by atoms with Crippen molar-refractivity contribution in [3.63, 3.8) is 0 Å². The molecule has 12 heavy (non-hydrogen) atoms. The van der Waals surface area contributed by atoms with Crippen molar-refractivity contribution >= 4 is 5.71 Å². The number of nitrogens with zero attached hydrogens (tertiary/aromatic N) is 1. The first-order chi connectivity index (χ1) is 5.75. The largest absolute Gasteiger partial charge is 0.411 e. The second-order valence-electron chi connectivity index (χ2n) is 2.53. The van der Waals surface area contributed by atoms with E-state index < -0.39 is 6.10 Å². The predicted molar refractivity (Wildman–Crippen MR) is 46.4 cm³/mol. The Labute approximate surface area is 71.0 Å². The van der Waals surface area contributed by atoms with Crippen molar-refractivity contribution in [1.82, 2.24) is 0 Å². The first-order valence-electron chi connectivity index (χ1n) is 3.71. The van der Waals surface area contributed by atoms with E-state index in [1.54, 1.807) is 19.1 Å². The Morgan fingerprint density at radius 1 is 1.33 bits per heavy atom. The lowest BCUT2D eigenvalue weighted by atomic mass is 10.1. The molecule has 1 rings (SSSR count). The zero-order chi connectivity index (χ0) is 8.97. The first kappa shape index (κ1) is 8.74. The van der Waals surface area contributed by atoms with Crippen molar-refractivity contribution in [3.8, 4) is 0 Å². The van der Waals surface area contributed by atoms with Crippen molar-refractivity contribution in [2.24, 2.45) is 5.16 Å². The van der Waals surface area contributed by atoms with E-state index in [0.717, 1.165) is 5.56 Å². The first-order valence-corrected chi connectivity index (χ1v) is 3.71. The van der Waals surface area contributed by atoms with Gasteiger partial charge in [-0.2, -0.15) is 0 Å². The van der Waals surface area contributed by atoms with Crippen LogP contribution in [0.1, 0.15) is 12.5 Å². The van der Waals surface area contributed by atoms with Gasteiger partial charge in [0.25, 0.3) is 0 Å². The van der Waals surface area contributed by atoms with Gasteiger partial charge in [0.1, 0.15) is 5.71 Å². The van der Waals surface area contributed by atoms with Gasteiger partial charge in [0.05, 0.1) is 6.10 Å². The van der Waals surface area contributed by atoms with Gasteiger partial charge >= 0.3 is 0 Å². The maximum atomic E-state index is 9.17. The summed E-state index contributed by atoms with van der Waals surface area (Å²) in [7, 11) is 0. The summed E-state index contributed by atoms with van der Waals surface area (Å²) < 4.78 is 0. The highest BCUT2D eigenvalue weighted by atomic mass is 16.4. The zero-order valence-electron chi connectivity index (χ0n) is 6.81. The summed E-state index contributed by atoms with van der Waals surface area (Å²) in [6, 6.07) is 9.07. The van der Waals surface area contributed by atoms with E-state index in [9.17, 15) is 5.11 Å². The summed E-state index contributed by atoms with van der Waals surface area (Å²) in [6.07, 6.45) is -0.752. The molecule has 0 saturated heterocycles. The van der Waals surface area contributed by atoms with E-state index in [1.807, 2.05) is 18.2 Å². The van der Waals surface area contributed by atoms with E-state index in [1.165, 1.54) is 0 Å². The fourth-order valence-electron chi connectivity index (χ4n) is 0.991. The average molecular weight is 165 g/mol. The van der Waals surface area contributed by atoms with Crippen LogP contribution in [0.5, 0.6) is 0 Å². The number of hydrogen-bond donors (Lipinski definition) is 2. The van der Waals surface area contributed by atoms with E-state index in [0.29, 0.717) is 0 Å². The normalized spacial score (nSPS) is 14.3. The highest BCUT2D eigenvalue weighted by molar-refractivity contribution is 6.02. The number of oxime groups is 1. The summed E-state index contributed by atoms with van der Waals surface area (Å²) >= 11 is 0. The van der Waals surface area contributed by atoms with Crippen LogP contribution in [0.4, 0.5) is 0 Å². The van der Waals surface area contributed by atoms with Crippen LogP contribution < -0.4 is 0 Å². The molecular formula is C9H11NO2. The van der Waals surface area contributed by atoms with E-state index >= 15 is 0 Å². The predicted octanol–water partition coefficient (Wildman–Crippen LogP) is 1.25. The molecule has 0 fully saturated rings. The fraction of sp³-hybridized carbons (Fsp3) is 0.222. The highest BCUT2D eigenvalue weighted by Crippen LogP contribution is 2.03. The van der Waals surface area contributed by atoms with Gasteiger partial charge in [-0.1, -0.05) is 35.5 Å². The number of aliphatic hydroxyl groups excluding tert-OH is 1. The molecule has 2 N–H and O–H groups in total. The number of rotatable bonds is 2. The van der Waals surface area contributed by atoms with Crippen LogP contribution in [-0.2, 0) is 0 Å². The third-order valence-corrected chi connectivity index (χ3v) is 1.57. The van der Waals surface area contributed by atoms with Crippen LogP contribution in [0.15, 0.2) is 35.5 Å². The summed E-state index contributed by atoms with van der Waals surface area (Å²) in [4.78, 5) is 0. The monoisotopic (exact) mass is 165 g/mol. The molecule has 0 radical (unpaired) electrons. The third kappa shape index (κ3) is 1.83. The molecular weight excluding hydrogens is 154 g/mol. The molecule has 0 aliphatic carbocycles. The maximum Gasteiger partial charge on any atom is 0.115 e. The van der Waals surface area contributed by atoms with Gasteiger partial charge in [-0.15, -0.1) is 0 Å². The third-order valence-electron chi connectivity index (χ3n) is 1.57. The molecule has 1 aromatic rings. The Kier molecular flexibility index (Phi) is 2.82. The van der Waals surface area contributed by atoms with E-state index in [4.69, 9.17) is 5.21 Å². The van der Waals surface area contributed by atoms with Crippen LogP contribution in [-0.4, -0.2) is 22.1 Å². The van der Waals surface area contributed by atoms with Crippen molar-refractivity contribution in [3.05, 3.63) is 35.9 Å². The second-order valence-corrected chi connectivity index (χ2v) is 2.53. The summed E-state index contributed by atoms with van der Waals surface area (Å²) in [5.41, 5.74) is 1.02. The van der Waals surface area contributed by atoms with Gasteiger partial charge in [0.2, 0.25) is 0 Å². The minimum absolute atomic E-state index is 0.288. The highest BCUT2D eigenvalue weighted by Gasteiger charge is 2.08. The van der Waals surface area contributed by atoms with Crippen molar-refractivity contribution in [2.75, 3.05) is 0 Å². The second kappa shape index (κ2) is 3.88. The van der Waals surface area contributed by atoms with Gasteiger partial charge in [0.15, 0.2) is 0 Å². The number of aliphatic hydroxyl groups is 1. The van der Waals surface area contributed by atoms with Gasteiger partial charge in [-0.3, -0.25) is 0 Å².